The SMILES string of the molecule is CCN1CCC(CNC(=O)NC2COCC2(C)C(=O)O)C1. The summed E-state index contributed by atoms with van der Waals surface area (Å²) < 4.78 is 5.21. The summed E-state index contributed by atoms with van der Waals surface area (Å²) in [7, 11) is 0. The van der Waals surface area contributed by atoms with Crippen LogP contribution in [0.4, 0.5) is 4.79 Å². The van der Waals surface area contributed by atoms with E-state index in [0.29, 0.717) is 12.5 Å². The first-order chi connectivity index (χ1) is 9.95. The largest absolute Gasteiger partial charge is 0.481 e. The summed E-state index contributed by atoms with van der Waals surface area (Å²) in [5.41, 5.74) is -1.05. The van der Waals surface area contributed by atoms with Crippen LogP contribution in [-0.2, 0) is 9.53 Å². The molecular weight excluding hydrogens is 274 g/mol. The lowest BCUT2D eigenvalue weighted by Gasteiger charge is -2.25. The van der Waals surface area contributed by atoms with Crippen molar-refractivity contribution in [2.75, 3.05) is 39.4 Å². The van der Waals surface area contributed by atoms with Gasteiger partial charge in [0.15, 0.2) is 0 Å². The molecule has 120 valence electrons. The molecule has 2 heterocycles. The highest BCUT2D eigenvalue weighted by Gasteiger charge is 2.47. The van der Waals surface area contributed by atoms with Gasteiger partial charge in [0.1, 0.15) is 5.41 Å². The molecule has 7 nitrogen and oxygen atoms in total. The van der Waals surface area contributed by atoms with Crippen molar-refractivity contribution in [1.29, 1.82) is 0 Å². The van der Waals surface area contributed by atoms with Crippen molar-refractivity contribution in [3.05, 3.63) is 0 Å². The summed E-state index contributed by atoms with van der Waals surface area (Å²) >= 11 is 0. The Morgan fingerprint density at radius 1 is 1.48 bits per heavy atom. The molecule has 3 unspecified atom stereocenters. The zero-order valence-corrected chi connectivity index (χ0v) is 12.7. The maximum atomic E-state index is 11.9. The molecule has 2 aliphatic heterocycles. The van der Waals surface area contributed by atoms with E-state index in [9.17, 15) is 14.7 Å². The number of hydrogen-bond acceptors (Lipinski definition) is 4. The second-order valence-corrected chi connectivity index (χ2v) is 6.19. The monoisotopic (exact) mass is 299 g/mol. The maximum Gasteiger partial charge on any atom is 0.315 e. The number of carbonyl (C=O) groups is 2. The number of carbonyl (C=O) groups excluding carboxylic acids is 1. The van der Waals surface area contributed by atoms with Gasteiger partial charge >= 0.3 is 12.0 Å². The highest BCUT2D eigenvalue weighted by Crippen LogP contribution is 2.28. The van der Waals surface area contributed by atoms with Crippen LogP contribution in [0.1, 0.15) is 20.3 Å². The van der Waals surface area contributed by atoms with Gasteiger partial charge in [0.05, 0.1) is 19.3 Å². The summed E-state index contributed by atoms with van der Waals surface area (Å²) in [5.74, 6) is -0.471. The van der Waals surface area contributed by atoms with Crippen LogP contribution >= 0.6 is 0 Å². The van der Waals surface area contributed by atoms with Crippen LogP contribution in [0.15, 0.2) is 0 Å². The summed E-state index contributed by atoms with van der Waals surface area (Å²) in [6, 6.07) is -0.807. The van der Waals surface area contributed by atoms with E-state index >= 15 is 0 Å². The lowest BCUT2D eigenvalue weighted by molar-refractivity contribution is -0.148. The van der Waals surface area contributed by atoms with Crippen molar-refractivity contribution in [3.8, 4) is 0 Å². The van der Waals surface area contributed by atoms with Gasteiger partial charge in [-0.15, -0.1) is 0 Å². The number of carboxylic acids is 1. The Hall–Kier alpha value is -1.34. The number of nitrogens with one attached hydrogen (secondary N) is 2. The molecule has 3 N–H and O–H groups in total. The number of urea groups is 1. The molecule has 7 heteroatoms. The van der Waals surface area contributed by atoms with E-state index in [1.54, 1.807) is 6.92 Å². The van der Waals surface area contributed by atoms with Crippen LogP contribution in [0.25, 0.3) is 0 Å². The first-order valence-electron chi connectivity index (χ1n) is 7.53. The van der Waals surface area contributed by atoms with Crippen LogP contribution < -0.4 is 10.6 Å². The Kier molecular flexibility index (Phi) is 5.05. The molecule has 2 aliphatic rings. The standard InChI is InChI=1S/C14H25N3O4/c1-3-17-5-4-10(7-17)6-15-13(20)16-11-8-21-9-14(11,2)12(18)19/h10-11H,3-9H2,1-2H3,(H,18,19)(H2,15,16,20). The number of likely N-dealkylation sites (tertiary alicyclic amines) is 1. The van der Waals surface area contributed by atoms with E-state index in [1.807, 2.05) is 0 Å². The van der Waals surface area contributed by atoms with Gasteiger partial charge in [0.2, 0.25) is 0 Å². The predicted molar refractivity (Wildman–Crippen MR) is 77.1 cm³/mol. The fourth-order valence-corrected chi connectivity index (χ4v) is 2.90. The molecule has 2 amide bonds. The number of amides is 2. The molecule has 0 aromatic rings. The Balaban J connectivity index is 1.76. The summed E-state index contributed by atoms with van der Waals surface area (Å²) in [4.78, 5) is 25.6. The van der Waals surface area contributed by atoms with Crippen LogP contribution in [0.5, 0.6) is 0 Å². The summed E-state index contributed by atoms with van der Waals surface area (Å²) in [6.07, 6.45) is 1.09. The molecule has 2 fully saturated rings. The molecule has 2 saturated heterocycles. The zero-order valence-electron chi connectivity index (χ0n) is 12.7. The third kappa shape index (κ3) is 3.65. The highest BCUT2D eigenvalue weighted by molar-refractivity contribution is 5.79. The highest BCUT2D eigenvalue weighted by atomic mass is 16.5. The van der Waals surface area contributed by atoms with Gasteiger partial charge in [0, 0.05) is 13.1 Å². The third-order valence-corrected chi connectivity index (χ3v) is 4.62. The molecular formula is C14H25N3O4. The number of ether oxygens (including phenoxy) is 1. The maximum absolute atomic E-state index is 11.9. The van der Waals surface area contributed by atoms with E-state index in [1.165, 1.54) is 0 Å². The van der Waals surface area contributed by atoms with Crippen LogP contribution in [0.3, 0.4) is 0 Å². The molecule has 0 radical (unpaired) electrons. The minimum absolute atomic E-state index is 0.126. The first-order valence-corrected chi connectivity index (χ1v) is 7.53. The molecule has 0 spiro atoms. The summed E-state index contributed by atoms with van der Waals surface area (Å²) in [6.45, 7) is 7.86. The lowest BCUT2D eigenvalue weighted by atomic mass is 9.85. The Labute approximate surface area is 125 Å². The zero-order chi connectivity index (χ0) is 15.5. The van der Waals surface area contributed by atoms with Crippen LogP contribution in [0.2, 0.25) is 0 Å². The second-order valence-electron chi connectivity index (χ2n) is 6.19. The van der Waals surface area contributed by atoms with Gasteiger partial charge in [0.25, 0.3) is 0 Å². The second kappa shape index (κ2) is 6.62. The molecule has 0 aromatic carbocycles. The lowest BCUT2D eigenvalue weighted by Crippen LogP contribution is -2.53. The van der Waals surface area contributed by atoms with E-state index in [0.717, 1.165) is 26.1 Å². The van der Waals surface area contributed by atoms with Gasteiger partial charge < -0.3 is 25.4 Å². The van der Waals surface area contributed by atoms with Crippen molar-refractivity contribution in [1.82, 2.24) is 15.5 Å². The van der Waals surface area contributed by atoms with Gasteiger partial charge in [-0.1, -0.05) is 6.92 Å². The number of carboxylic acid groups (broad SMARTS) is 1. The molecule has 0 aromatic heterocycles. The number of rotatable bonds is 5. The topological polar surface area (TPSA) is 90.9 Å². The number of hydrogen-bond donors (Lipinski definition) is 3. The Morgan fingerprint density at radius 3 is 2.86 bits per heavy atom. The van der Waals surface area contributed by atoms with Crippen molar-refractivity contribution < 1.29 is 19.4 Å². The molecule has 2 rings (SSSR count). The average molecular weight is 299 g/mol. The third-order valence-electron chi connectivity index (χ3n) is 4.62. The number of nitrogens with zero attached hydrogens (tertiary/aromatic N) is 1. The van der Waals surface area contributed by atoms with Crippen LogP contribution in [-0.4, -0.2) is 67.4 Å². The van der Waals surface area contributed by atoms with Gasteiger partial charge in [-0.05, 0) is 32.4 Å². The minimum atomic E-state index is -1.05. The normalized spacial score (nSPS) is 33.0. The summed E-state index contributed by atoms with van der Waals surface area (Å²) in [5, 5.41) is 14.8. The predicted octanol–water partition coefficient (Wildman–Crippen LogP) is 0.117. The van der Waals surface area contributed by atoms with Crippen molar-refractivity contribution in [2.45, 2.75) is 26.3 Å². The minimum Gasteiger partial charge on any atom is -0.481 e. The van der Waals surface area contributed by atoms with E-state index in [2.05, 4.69) is 22.5 Å². The molecule has 0 aliphatic carbocycles. The van der Waals surface area contributed by atoms with Gasteiger partial charge in [-0.2, -0.15) is 0 Å². The molecule has 0 bridgehead atoms. The average Bonchev–Trinajstić information content (AvgIpc) is 3.05. The van der Waals surface area contributed by atoms with Gasteiger partial charge in [-0.25, -0.2) is 4.79 Å². The first kappa shape index (κ1) is 16.0. The Morgan fingerprint density at radius 2 is 2.24 bits per heavy atom. The quantitative estimate of drug-likeness (QED) is 0.670. The molecule has 3 atom stereocenters. The van der Waals surface area contributed by atoms with Crippen molar-refractivity contribution >= 4 is 12.0 Å². The molecule has 21 heavy (non-hydrogen) atoms. The fourth-order valence-electron chi connectivity index (χ4n) is 2.90. The van der Waals surface area contributed by atoms with Crippen molar-refractivity contribution in [3.63, 3.8) is 0 Å². The van der Waals surface area contributed by atoms with Crippen LogP contribution in [0, 0.1) is 11.3 Å². The van der Waals surface area contributed by atoms with Gasteiger partial charge in [-0.3, -0.25) is 4.79 Å². The van der Waals surface area contributed by atoms with E-state index in [4.69, 9.17) is 4.74 Å². The molecule has 0 saturated carbocycles. The Bertz CT molecular complexity index is 404. The number of aliphatic carboxylic acids is 1. The van der Waals surface area contributed by atoms with Crippen molar-refractivity contribution in [2.24, 2.45) is 11.3 Å². The van der Waals surface area contributed by atoms with E-state index in [-0.39, 0.29) is 19.2 Å². The van der Waals surface area contributed by atoms with E-state index < -0.39 is 17.4 Å². The smallest absolute Gasteiger partial charge is 0.315 e. The fraction of sp³-hybridized carbons (Fsp3) is 0.857.